The molecule has 0 spiro atoms. The predicted molar refractivity (Wildman–Crippen MR) is 103 cm³/mol. The van der Waals surface area contributed by atoms with Crippen LogP contribution in [0.2, 0.25) is 0 Å². The normalized spacial score (nSPS) is 32.9. The summed E-state index contributed by atoms with van der Waals surface area (Å²) in [6.07, 6.45) is 7.02. The van der Waals surface area contributed by atoms with Crippen LogP contribution in [0, 0.1) is 5.92 Å². The molecule has 1 aromatic heterocycles. The maximum absolute atomic E-state index is 5.94. The number of hydrogen-bond acceptors (Lipinski definition) is 4. The highest BCUT2D eigenvalue weighted by atomic mass is 32.1. The minimum Gasteiger partial charge on any atom is -0.373 e. The van der Waals surface area contributed by atoms with Crippen LogP contribution in [0.4, 0.5) is 0 Å². The highest BCUT2D eigenvalue weighted by Crippen LogP contribution is 2.34. The number of likely N-dealkylation sites (tertiary alicyclic amines) is 1. The van der Waals surface area contributed by atoms with E-state index in [1.54, 1.807) is 0 Å². The van der Waals surface area contributed by atoms with E-state index in [1.165, 1.54) is 43.6 Å². The first-order valence-electron chi connectivity index (χ1n) is 9.67. The van der Waals surface area contributed by atoms with Gasteiger partial charge in [-0.15, -0.1) is 11.3 Å². The molecule has 3 aliphatic rings. The van der Waals surface area contributed by atoms with Gasteiger partial charge in [-0.2, -0.15) is 0 Å². The van der Waals surface area contributed by atoms with E-state index in [0.717, 1.165) is 25.5 Å². The molecule has 138 valence electrons. The van der Waals surface area contributed by atoms with Crippen molar-refractivity contribution >= 4 is 17.3 Å². The van der Waals surface area contributed by atoms with Gasteiger partial charge in [0.05, 0.1) is 18.2 Å². The number of aliphatic imine (C=N–C) groups is 1. The maximum atomic E-state index is 5.94. The van der Waals surface area contributed by atoms with Gasteiger partial charge < -0.3 is 15.4 Å². The number of thiophene rings is 1. The summed E-state index contributed by atoms with van der Waals surface area (Å²) in [4.78, 5) is 8.50. The van der Waals surface area contributed by atoms with Crippen molar-refractivity contribution in [2.24, 2.45) is 10.9 Å². The number of nitrogens with one attached hydrogen (secondary N) is 2. The lowest BCUT2D eigenvalue weighted by Crippen LogP contribution is -2.49. The third-order valence-electron chi connectivity index (χ3n) is 5.77. The van der Waals surface area contributed by atoms with Crippen molar-refractivity contribution in [1.29, 1.82) is 0 Å². The van der Waals surface area contributed by atoms with Gasteiger partial charge in [0, 0.05) is 31.6 Å². The molecule has 3 aliphatic heterocycles. The first-order valence-corrected chi connectivity index (χ1v) is 10.6. The first kappa shape index (κ1) is 17.3. The first-order chi connectivity index (χ1) is 12.3. The van der Waals surface area contributed by atoms with E-state index in [9.17, 15) is 0 Å². The molecule has 2 N–H and O–H groups in total. The van der Waals surface area contributed by atoms with Crippen LogP contribution in [0.25, 0.3) is 0 Å². The van der Waals surface area contributed by atoms with Crippen LogP contribution in [-0.4, -0.2) is 55.8 Å². The maximum Gasteiger partial charge on any atom is 0.191 e. The molecule has 25 heavy (non-hydrogen) atoms. The lowest BCUT2D eigenvalue weighted by atomic mass is 9.95. The quantitative estimate of drug-likeness (QED) is 0.624. The van der Waals surface area contributed by atoms with Crippen LogP contribution < -0.4 is 10.6 Å². The topological polar surface area (TPSA) is 48.9 Å². The highest BCUT2D eigenvalue weighted by molar-refractivity contribution is 7.09. The van der Waals surface area contributed by atoms with Crippen molar-refractivity contribution < 1.29 is 4.74 Å². The zero-order valence-electron chi connectivity index (χ0n) is 15.1. The summed E-state index contributed by atoms with van der Waals surface area (Å²) in [6.45, 7) is 4.51. The van der Waals surface area contributed by atoms with Crippen LogP contribution in [0.3, 0.4) is 0 Å². The third kappa shape index (κ3) is 4.36. The Hall–Kier alpha value is -1.11. The minimum absolute atomic E-state index is 0.388. The number of hydrogen-bond donors (Lipinski definition) is 2. The largest absolute Gasteiger partial charge is 0.373 e. The Balaban J connectivity index is 1.22. The van der Waals surface area contributed by atoms with Gasteiger partial charge in [0.25, 0.3) is 0 Å². The second kappa shape index (κ2) is 8.06. The van der Waals surface area contributed by atoms with E-state index in [-0.39, 0.29) is 0 Å². The Kier molecular flexibility index (Phi) is 5.58. The lowest BCUT2D eigenvalue weighted by molar-refractivity contribution is 0.0992. The van der Waals surface area contributed by atoms with E-state index < -0.39 is 0 Å². The lowest BCUT2D eigenvalue weighted by Gasteiger charge is -2.33. The smallest absolute Gasteiger partial charge is 0.191 e. The number of guanidine groups is 1. The fourth-order valence-corrected chi connectivity index (χ4v) is 5.23. The van der Waals surface area contributed by atoms with E-state index in [0.29, 0.717) is 24.2 Å². The van der Waals surface area contributed by atoms with Crippen molar-refractivity contribution in [3.63, 3.8) is 0 Å². The second-order valence-corrected chi connectivity index (χ2v) is 8.67. The van der Waals surface area contributed by atoms with E-state index in [1.807, 2.05) is 18.4 Å². The van der Waals surface area contributed by atoms with Gasteiger partial charge in [0.15, 0.2) is 5.96 Å². The second-order valence-electron chi connectivity index (χ2n) is 7.64. The van der Waals surface area contributed by atoms with Gasteiger partial charge in [0.1, 0.15) is 0 Å². The Labute approximate surface area is 154 Å². The van der Waals surface area contributed by atoms with E-state index >= 15 is 0 Å². The summed E-state index contributed by atoms with van der Waals surface area (Å²) in [5.74, 6) is 1.64. The average molecular weight is 363 g/mol. The van der Waals surface area contributed by atoms with E-state index in [4.69, 9.17) is 4.74 Å². The molecule has 3 saturated heterocycles. The number of piperidine rings is 1. The van der Waals surface area contributed by atoms with Crippen LogP contribution in [0.1, 0.15) is 37.0 Å². The molecule has 5 nitrogen and oxygen atoms in total. The summed E-state index contributed by atoms with van der Waals surface area (Å²) < 4.78 is 5.94. The molecule has 4 unspecified atom stereocenters. The van der Waals surface area contributed by atoms with Crippen molar-refractivity contribution in [3.8, 4) is 0 Å². The van der Waals surface area contributed by atoms with Crippen LogP contribution in [-0.2, 0) is 11.3 Å². The van der Waals surface area contributed by atoms with Crippen molar-refractivity contribution in [2.45, 2.75) is 56.9 Å². The monoisotopic (exact) mass is 362 g/mol. The summed E-state index contributed by atoms with van der Waals surface area (Å²) in [6, 6.07) is 4.83. The molecule has 4 heterocycles. The number of fused-ring (bicyclic) bond motifs is 2. The van der Waals surface area contributed by atoms with Crippen LogP contribution in [0.15, 0.2) is 22.5 Å². The summed E-state index contributed by atoms with van der Waals surface area (Å²) >= 11 is 1.86. The molecule has 0 saturated carbocycles. The van der Waals surface area contributed by atoms with Crippen molar-refractivity contribution in [3.05, 3.63) is 22.4 Å². The predicted octanol–water partition coefficient (Wildman–Crippen LogP) is 2.45. The third-order valence-corrected chi connectivity index (χ3v) is 6.63. The Morgan fingerprint density at radius 2 is 2.36 bits per heavy atom. The summed E-state index contributed by atoms with van der Waals surface area (Å²) in [7, 11) is 1.87. The Morgan fingerprint density at radius 1 is 1.40 bits per heavy atom. The number of nitrogens with zero attached hydrogens (tertiary/aromatic N) is 2. The molecule has 0 radical (unpaired) electrons. The molecule has 0 aromatic carbocycles. The molecule has 0 aliphatic carbocycles. The highest BCUT2D eigenvalue weighted by Gasteiger charge is 2.41. The van der Waals surface area contributed by atoms with Crippen molar-refractivity contribution in [2.75, 3.05) is 26.7 Å². The SMILES string of the molecule is CN=C(NCC1CCCN(Cc2cccs2)C1)NC1CC2CCC1O2. The zero-order chi connectivity index (χ0) is 17.1. The summed E-state index contributed by atoms with van der Waals surface area (Å²) in [5.41, 5.74) is 0. The van der Waals surface area contributed by atoms with Gasteiger partial charge in [0.2, 0.25) is 0 Å². The molecule has 1 aromatic rings. The summed E-state index contributed by atoms with van der Waals surface area (Å²) in [5, 5.41) is 9.32. The van der Waals surface area contributed by atoms with Gasteiger partial charge in [-0.25, -0.2) is 0 Å². The molecule has 2 bridgehead atoms. The molecule has 4 rings (SSSR count). The molecule has 0 amide bonds. The van der Waals surface area contributed by atoms with Gasteiger partial charge in [-0.05, 0) is 56.0 Å². The Bertz CT molecular complexity index is 576. The molecular formula is C19H30N4OS. The van der Waals surface area contributed by atoms with Gasteiger partial charge in [-0.3, -0.25) is 9.89 Å². The van der Waals surface area contributed by atoms with Crippen LogP contribution >= 0.6 is 11.3 Å². The number of ether oxygens (including phenoxy) is 1. The Morgan fingerprint density at radius 3 is 3.08 bits per heavy atom. The fraction of sp³-hybridized carbons (Fsp3) is 0.737. The molecular weight excluding hydrogens is 332 g/mol. The standard InChI is InChI=1S/C19H30N4OS/c1-20-19(22-17-10-15-6-7-18(17)24-15)21-11-14-4-2-8-23(12-14)13-16-5-3-9-25-16/h3,5,9,14-15,17-18H,2,4,6-8,10-13H2,1H3,(H2,20,21,22). The fourth-order valence-electron chi connectivity index (χ4n) is 4.49. The van der Waals surface area contributed by atoms with Crippen molar-refractivity contribution in [1.82, 2.24) is 15.5 Å². The van der Waals surface area contributed by atoms with Crippen LogP contribution in [0.5, 0.6) is 0 Å². The molecule has 3 fully saturated rings. The molecule has 6 heteroatoms. The average Bonchev–Trinajstić information content (AvgIpc) is 3.37. The minimum atomic E-state index is 0.388. The zero-order valence-corrected chi connectivity index (χ0v) is 15.9. The van der Waals surface area contributed by atoms with Gasteiger partial charge >= 0.3 is 0 Å². The van der Waals surface area contributed by atoms with Gasteiger partial charge in [-0.1, -0.05) is 6.07 Å². The molecule has 4 atom stereocenters. The number of rotatable bonds is 5. The van der Waals surface area contributed by atoms with E-state index in [2.05, 4.69) is 38.0 Å².